The van der Waals surface area contributed by atoms with Crippen LogP contribution in [0.1, 0.15) is 18.7 Å². The number of pyridine rings is 1. The fourth-order valence-electron chi connectivity index (χ4n) is 1.62. The molecule has 1 unspecified atom stereocenters. The minimum atomic E-state index is -1.46. The molecule has 0 bridgehead atoms. The molecular formula is C13H10F4N2. The lowest BCUT2D eigenvalue weighted by molar-refractivity contribution is 0.457. The molecule has 1 N–H and O–H groups in total. The van der Waals surface area contributed by atoms with Crippen molar-refractivity contribution in [2.24, 2.45) is 0 Å². The fraction of sp³-hybridized carbons (Fsp3) is 0.154. The first-order valence-electron chi connectivity index (χ1n) is 5.51. The molecule has 100 valence electrons. The summed E-state index contributed by atoms with van der Waals surface area (Å²) in [6.45, 7) is 1.57. The van der Waals surface area contributed by atoms with Gasteiger partial charge in [-0.3, -0.25) is 4.98 Å². The molecule has 2 aromatic rings. The highest BCUT2D eigenvalue weighted by atomic mass is 19.2. The zero-order chi connectivity index (χ0) is 14.0. The normalized spacial score (nSPS) is 12.3. The first-order chi connectivity index (χ1) is 9.00. The van der Waals surface area contributed by atoms with Crippen LogP contribution in [0.25, 0.3) is 0 Å². The molecule has 0 amide bonds. The van der Waals surface area contributed by atoms with Gasteiger partial charge in [-0.1, -0.05) is 6.07 Å². The van der Waals surface area contributed by atoms with Crippen molar-refractivity contribution in [1.82, 2.24) is 4.98 Å². The predicted molar refractivity (Wildman–Crippen MR) is 62.5 cm³/mol. The van der Waals surface area contributed by atoms with Crippen molar-refractivity contribution >= 4 is 5.69 Å². The highest BCUT2D eigenvalue weighted by molar-refractivity contribution is 5.48. The number of benzene rings is 1. The van der Waals surface area contributed by atoms with Crippen LogP contribution in [0.2, 0.25) is 0 Å². The minimum absolute atomic E-state index is 0.168. The van der Waals surface area contributed by atoms with Crippen LogP contribution in [0.15, 0.2) is 30.5 Å². The van der Waals surface area contributed by atoms with Crippen LogP contribution in [0.3, 0.4) is 0 Å². The van der Waals surface area contributed by atoms with E-state index >= 15 is 0 Å². The van der Waals surface area contributed by atoms with Gasteiger partial charge < -0.3 is 5.32 Å². The molecule has 0 saturated heterocycles. The van der Waals surface area contributed by atoms with Crippen LogP contribution in [-0.2, 0) is 0 Å². The maximum absolute atomic E-state index is 13.5. The largest absolute Gasteiger partial charge is 0.372 e. The van der Waals surface area contributed by atoms with Crippen LogP contribution < -0.4 is 5.32 Å². The molecule has 0 radical (unpaired) electrons. The molecule has 0 aliphatic heterocycles. The zero-order valence-corrected chi connectivity index (χ0v) is 9.92. The van der Waals surface area contributed by atoms with E-state index in [2.05, 4.69) is 10.3 Å². The van der Waals surface area contributed by atoms with E-state index in [9.17, 15) is 17.6 Å². The lowest BCUT2D eigenvalue weighted by Crippen LogP contribution is -2.12. The average Bonchev–Trinajstić information content (AvgIpc) is 2.42. The van der Waals surface area contributed by atoms with E-state index in [1.54, 1.807) is 25.1 Å². The van der Waals surface area contributed by atoms with Gasteiger partial charge in [0.05, 0.1) is 11.7 Å². The van der Waals surface area contributed by atoms with Crippen LogP contribution in [0.4, 0.5) is 23.2 Å². The zero-order valence-electron chi connectivity index (χ0n) is 9.92. The molecule has 2 nitrogen and oxygen atoms in total. The Kier molecular flexibility index (Phi) is 3.69. The summed E-state index contributed by atoms with van der Waals surface area (Å²) in [6, 6.07) is 4.56. The number of hydrogen-bond donors (Lipinski definition) is 1. The molecule has 1 aromatic heterocycles. The van der Waals surface area contributed by atoms with Gasteiger partial charge in [-0.15, -0.1) is 0 Å². The Balaban J connectivity index is 2.34. The first kappa shape index (κ1) is 13.3. The molecule has 2 rings (SSSR count). The number of rotatable bonds is 3. The Morgan fingerprint density at radius 3 is 2.21 bits per heavy atom. The quantitative estimate of drug-likeness (QED) is 0.677. The molecule has 0 fully saturated rings. The van der Waals surface area contributed by atoms with Crippen molar-refractivity contribution in [2.75, 3.05) is 5.32 Å². The van der Waals surface area contributed by atoms with Crippen molar-refractivity contribution in [3.05, 3.63) is 59.4 Å². The third-order valence-electron chi connectivity index (χ3n) is 2.60. The molecule has 19 heavy (non-hydrogen) atoms. The van der Waals surface area contributed by atoms with Gasteiger partial charge in [0, 0.05) is 12.3 Å². The minimum Gasteiger partial charge on any atom is -0.372 e. The van der Waals surface area contributed by atoms with E-state index in [-0.39, 0.29) is 6.07 Å². The average molecular weight is 270 g/mol. The molecular weight excluding hydrogens is 260 g/mol. The summed E-state index contributed by atoms with van der Waals surface area (Å²) in [6.07, 6.45) is 1.51. The maximum atomic E-state index is 13.5. The summed E-state index contributed by atoms with van der Waals surface area (Å²) < 4.78 is 53.0. The third kappa shape index (κ3) is 2.67. The van der Waals surface area contributed by atoms with Crippen LogP contribution >= 0.6 is 0 Å². The number of hydrogen-bond acceptors (Lipinski definition) is 2. The first-order valence-corrected chi connectivity index (χ1v) is 5.51. The van der Waals surface area contributed by atoms with Crippen LogP contribution in [0, 0.1) is 23.3 Å². The molecule has 0 saturated carbocycles. The fourth-order valence-corrected chi connectivity index (χ4v) is 1.62. The summed E-state index contributed by atoms with van der Waals surface area (Å²) >= 11 is 0. The van der Waals surface area contributed by atoms with Crippen molar-refractivity contribution in [2.45, 2.75) is 13.0 Å². The lowest BCUT2D eigenvalue weighted by Gasteiger charge is -2.16. The SMILES string of the molecule is CC(Nc1c(F)c(F)cc(F)c1F)c1ccccn1. The van der Waals surface area contributed by atoms with Crippen molar-refractivity contribution in [3.63, 3.8) is 0 Å². The Bertz CT molecular complexity index is 561. The molecule has 1 aromatic carbocycles. The van der Waals surface area contributed by atoms with Crippen molar-refractivity contribution in [3.8, 4) is 0 Å². The highest BCUT2D eigenvalue weighted by Gasteiger charge is 2.21. The van der Waals surface area contributed by atoms with Gasteiger partial charge in [-0.25, -0.2) is 17.6 Å². The van der Waals surface area contributed by atoms with E-state index in [0.717, 1.165) is 0 Å². The standard InChI is InChI=1S/C13H10F4N2/c1-7(10-4-2-3-5-18-10)19-13-11(16)8(14)6-9(15)12(13)17/h2-7,19H,1H3. The topological polar surface area (TPSA) is 24.9 Å². The third-order valence-corrected chi connectivity index (χ3v) is 2.60. The van der Waals surface area contributed by atoms with E-state index in [0.29, 0.717) is 5.69 Å². The molecule has 6 heteroatoms. The monoisotopic (exact) mass is 270 g/mol. The number of anilines is 1. The smallest absolute Gasteiger partial charge is 0.185 e. The summed E-state index contributed by atoms with van der Waals surface area (Å²) in [5, 5.41) is 2.38. The number of halogens is 4. The maximum Gasteiger partial charge on any atom is 0.185 e. The Morgan fingerprint density at radius 1 is 1.05 bits per heavy atom. The van der Waals surface area contributed by atoms with Crippen molar-refractivity contribution in [1.29, 1.82) is 0 Å². The van der Waals surface area contributed by atoms with Crippen LogP contribution in [0.5, 0.6) is 0 Å². The molecule has 0 aliphatic rings. The molecule has 0 aliphatic carbocycles. The highest BCUT2D eigenvalue weighted by Crippen LogP contribution is 2.27. The second kappa shape index (κ2) is 5.26. The molecule has 1 heterocycles. The van der Waals surface area contributed by atoms with Gasteiger partial charge in [-0.2, -0.15) is 0 Å². The van der Waals surface area contributed by atoms with Gasteiger partial charge in [0.2, 0.25) is 0 Å². The second-order valence-electron chi connectivity index (χ2n) is 3.96. The summed E-state index contributed by atoms with van der Waals surface area (Å²) in [7, 11) is 0. The lowest BCUT2D eigenvalue weighted by atomic mass is 10.2. The van der Waals surface area contributed by atoms with E-state index in [1.807, 2.05) is 0 Å². The Labute approximate surface area is 107 Å². The Morgan fingerprint density at radius 2 is 1.68 bits per heavy atom. The summed E-state index contributed by atoms with van der Waals surface area (Å²) in [5.41, 5.74) is -0.346. The van der Waals surface area contributed by atoms with E-state index < -0.39 is 35.0 Å². The number of aromatic nitrogens is 1. The van der Waals surface area contributed by atoms with Crippen LogP contribution in [-0.4, -0.2) is 4.98 Å². The summed E-state index contributed by atoms with van der Waals surface area (Å²) in [5.74, 6) is -5.81. The number of nitrogens with zero attached hydrogens (tertiary/aromatic N) is 1. The molecule has 1 atom stereocenters. The van der Waals surface area contributed by atoms with Crippen molar-refractivity contribution < 1.29 is 17.6 Å². The van der Waals surface area contributed by atoms with E-state index in [1.165, 1.54) is 6.20 Å². The van der Waals surface area contributed by atoms with Gasteiger partial charge in [0.25, 0.3) is 0 Å². The molecule has 0 spiro atoms. The van der Waals surface area contributed by atoms with Gasteiger partial charge in [-0.05, 0) is 19.1 Å². The number of nitrogens with one attached hydrogen (secondary N) is 1. The van der Waals surface area contributed by atoms with Gasteiger partial charge in [0.15, 0.2) is 23.3 Å². The van der Waals surface area contributed by atoms with Gasteiger partial charge >= 0.3 is 0 Å². The predicted octanol–water partition coefficient (Wildman–Crippen LogP) is 3.81. The van der Waals surface area contributed by atoms with E-state index in [4.69, 9.17) is 0 Å². The second-order valence-corrected chi connectivity index (χ2v) is 3.96. The summed E-state index contributed by atoms with van der Waals surface area (Å²) in [4.78, 5) is 3.98. The van der Waals surface area contributed by atoms with Gasteiger partial charge in [0.1, 0.15) is 5.69 Å². The Hall–Kier alpha value is -2.11.